The number of nitrogens with zero attached hydrogens (tertiary/aromatic N) is 4. The molecule has 1 aliphatic rings. The number of rotatable bonds is 4. The Hall–Kier alpha value is -2.89. The Bertz CT molecular complexity index is 886. The number of carbonyl (C=O) groups excluding carboxylic acids is 1. The molecule has 0 saturated carbocycles. The fourth-order valence-corrected chi connectivity index (χ4v) is 3.29. The molecule has 3 aromatic rings. The van der Waals surface area contributed by atoms with Gasteiger partial charge in [0.2, 0.25) is 0 Å². The Kier molecular flexibility index (Phi) is 4.09. The fraction of sp³-hybridized carbons (Fsp3) is 0.316. The van der Waals surface area contributed by atoms with E-state index in [2.05, 4.69) is 14.9 Å². The van der Waals surface area contributed by atoms with Gasteiger partial charge in [0.05, 0.1) is 18.3 Å². The average molecular weight is 336 g/mol. The average Bonchev–Trinajstić information content (AvgIpc) is 3.34. The molecular formula is C19H20N4O2. The number of benzene rings is 1. The number of carbonyl (C=O) groups is 1. The maximum atomic E-state index is 12.8. The third kappa shape index (κ3) is 3.07. The van der Waals surface area contributed by atoms with Gasteiger partial charge in [0.1, 0.15) is 17.9 Å². The number of aromatic nitrogens is 2. The first-order chi connectivity index (χ1) is 12.2. The lowest BCUT2D eigenvalue weighted by Crippen LogP contribution is -2.26. The highest BCUT2D eigenvalue weighted by Gasteiger charge is 2.19. The first kappa shape index (κ1) is 15.6. The number of fused-ring (bicyclic) bond motifs is 1. The van der Waals surface area contributed by atoms with Gasteiger partial charge in [0.15, 0.2) is 0 Å². The van der Waals surface area contributed by atoms with Crippen LogP contribution in [0.5, 0.6) is 0 Å². The third-order valence-corrected chi connectivity index (χ3v) is 4.59. The molecule has 1 amide bonds. The molecule has 0 spiro atoms. The highest BCUT2D eigenvalue weighted by atomic mass is 16.3. The van der Waals surface area contributed by atoms with Crippen molar-refractivity contribution < 1.29 is 9.21 Å². The van der Waals surface area contributed by atoms with Crippen molar-refractivity contribution in [2.24, 2.45) is 0 Å². The van der Waals surface area contributed by atoms with Gasteiger partial charge in [0.25, 0.3) is 5.91 Å². The topological polar surface area (TPSA) is 62.5 Å². The molecule has 0 unspecified atom stereocenters. The van der Waals surface area contributed by atoms with E-state index in [9.17, 15) is 4.79 Å². The summed E-state index contributed by atoms with van der Waals surface area (Å²) in [5.41, 5.74) is 1.50. The van der Waals surface area contributed by atoms with Crippen LogP contribution in [-0.4, -0.2) is 40.9 Å². The van der Waals surface area contributed by atoms with Crippen molar-refractivity contribution in [3.8, 4) is 0 Å². The van der Waals surface area contributed by atoms with Gasteiger partial charge in [-0.3, -0.25) is 4.79 Å². The molecule has 4 rings (SSSR count). The van der Waals surface area contributed by atoms with Gasteiger partial charge in [-0.25, -0.2) is 9.97 Å². The predicted octanol–water partition coefficient (Wildman–Crippen LogP) is 3.10. The second kappa shape index (κ2) is 6.55. The molecule has 3 heterocycles. The Balaban J connectivity index is 1.65. The van der Waals surface area contributed by atoms with Gasteiger partial charge in [-0.05, 0) is 43.2 Å². The van der Waals surface area contributed by atoms with E-state index >= 15 is 0 Å². The maximum Gasteiger partial charge on any atom is 0.254 e. The molecule has 6 nitrogen and oxygen atoms in total. The first-order valence-electron chi connectivity index (χ1n) is 8.50. The smallest absolute Gasteiger partial charge is 0.254 e. The lowest BCUT2D eigenvalue weighted by molar-refractivity contribution is 0.0775. The van der Waals surface area contributed by atoms with Crippen LogP contribution in [0.1, 0.15) is 29.0 Å². The Morgan fingerprint density at radius 2 is 2.08 bits per heavy atom. The molecule has 0 radical (unpaired) electrons. The molecule has 2 aromatic heterocycles. The van der Waals surface area contributed by atoms with E-state index in [-0.39, 0.29) is 5.91 Å². The maximum absolute atomic E-state index is 12.8. The molecule has 25 heavy (non-hydrogen) atoms. The van der Waals surface area contributed by atoms with Crippen molar-refractivity contribution in [3.05, 3.63) is 54.2 Å². The molecule has 0 N–H and O–H groups in total. The van der Waals surface area contributed by atoms with E-state index in [4.69, 9.17) is 4.42 Å². The highest BCUT2D eigenvalue weighted by molar-refractivity contribution is 6.00. The van der Waals surface area contributed by atoms with Crippen LogP contribution in [-0.2, 0) is 6.54 Å². The van der Waals surface area contributed by atoms with Crippen LogP contribution in [0, 0.1) is 0 Å². The molecule has 128 valence electrons. The monoisotopic (exact) mass is 336 g/mol. The summed E-state index contributed by atoms with van der Waals surface area (Å²) in [7, 11) is 1.78. The van der Waals surface area contributed by atoms with Gasteiger partial charge < -0.3 is 14.2 Å². The molecule has 1 aromatic carbocycles. The van der Waals surface area contributed by atoms with E-state index in [1.165, 1.54) is 12.8 Å². The molecule has 1 aliphatic heterocycles. The summed E-state index contributed by atoms with van der Waals surface area (Å²) in [5.74, 6) is 1.64. The van der Waals surface area contributed by atoms with Gasteiger partial charge in [0, 0.05) is 31.1 Å². The van der Waals surface area contributed by atoms with Crippen LogP contribution in [0.2, 0.25) is 0 Å². The summed E-state index contributed by atoms with van der Waals surface area (Å²) in [4.78, 5) is 25.5. The van der Waals surface area contributed by atoms with Crippen LogP contribution in [0.15, 0.2) is 47.3 Å². The SMILES string of the molecule is CN(Cc1ccco1)C(=O)c1ccc2ncnc(N3CCCC3)c2c1. The van der Waals surface area contributed by atoms with Gasteiger partial charge in [-0.1, -0.05) is 0 Å². The Morgan fingerprint density at radius 1 is 1.24 bits per heavy atom. The summed E-state index contributed by atoms with van der Waals surface area (Å²) in [6.45, 7) is 2.44. The lowest BCUT2D eigenvalue weighted by atomic mass is 10.1. The summed E-state index contributed by atoms with van der Waals surface area (Å²) in [6, 6.07) is 9.31. The van der Waals surface area contributed by atoms with Gasteiger partial charge in [-0.15, -0.1) is 0 Å². The highest BCUT2D eigenvalue weighted by Crippen LogP contribution is 2.27. The minimum atomic E-state index is -0.0467. The van der Waals surface area contributed by atoms with Crippen LogP contribution >= 0.6 is 0 Å². The lowest BCUT2D eigenvalue weighted by Gasteiger charge is -2.19. The third-order valence-electron chi connectivity index (χ3n) is 4.59. The predicted molar refractivity (Wildman–Crippen MR) is 95.5 cm³/mol. The normalized spacial score (nSPS) is 14.2. The van der Waals surface area contributed by atoms with Crippen LogP contribution in [0.4, 0.5) is 5.82 Å². The molecule has 0 atom stereocenters. The van der Waals surface area contributed by atoms with Crippen LogP contribution in [0.3, 0.4) is 0 Å². The molecule has 6 heteroatoms. The van der Waals surface area contributed by atoms with Crippen LogP contribution < -0.4 is 4.90 Å². The zero-order valence-corrected chi connectivity index (χ0v) is 14.2. The summed E-state index contributed by atoms with van der Waals surface area (Å²) in [6.07, 6.45) is 5.57. The number of hydrogen-bond acceptors (Lipinski definition) is 5. The van der Waals surface area contributed by atoms with Crippen molar-refractivity contribution >= 4 is 22.6 Å². The number of furan rings is 1. The van der Waals surface area contributed by atoms with Gasteiger partial charge in [-0.2, -0.15) is 0 Å². The second-order valence-electron chi connectivity index (χ2n) is 6.36. The quantitative estimate of drug-likeness (QED) is 0.732. The molecule has 1 saturated heterocycles. The van der Waals surface area contributed by atoms with Crippen molar-refractivity contribution in [1.29, 1.82) is 0 Å². The van der Waals surface area contributed by atoms with Crippen molar-refractivity contribution in [2.45, 2.75) is 19.4 Å². The van der Waals surface area contributed by atoms with E-state index in [1.807, 2.05) is 30.3 Å². The van der Waals surface area contributed by atoms with Crippen LogP contribution in [0.25, 0.3) is 10.9 Å². The number of amides is 1. The second-order valence-corrected chi connectivity index (χ2v) is 6.36. The van der Waals surface area contributed by atoms with E-state index in [0.29, 0.717) is 12.1 Å². The van der Waals surface area contributed by atoms with E-state index in [0.717, 1.165) is 35.6 Å². The standard InChI is InChI=1S/C19H20N4O2/c1-22(12-15-5-4-10-25-15)19(24)14-6-7-17-16(11-14)18(21-13-20-17)23-8-2-3-9-23/h4-7,10-11,13H,2-3,8-9,12H2,1H3. The minimum absolute atomic E-state index is 0.0467. The van der Waals surface area contributed by atoms with E-state index in [1.54, 1.807) is 24.5 Å². The van der Waals surface area contributed by atoms with Crippen molar-refractivity contribution in [3.63, 3.8) is 0 Å². The molecule has 1 fully saturated rings. The first-order valence-corrected chi connectivity index (χ1v) is 8.50. The minimum Gasteiger partial charge on any atom is -0.467 e. The van der Waals surface area contributed by atoms with Gasteiger partial charge >= 0.3 is 0 Å². The fourth-order valence-electron chi connectivity index (χ4n) is 3.29. The zero-order valence-electron chi connectivity index (χ0n) is 14.2. The summed E-state index contributed by atoms with van der Waals surface area (Å²) in [5, 5.41) is 0.932. The Labute approximate surface area is 146 Å². The number of anilines is 1. The van der Waals surface area contributed by atoms with Crippen molar-refractivity contribution in [1.82, 2.24) is 14.9 Å². The summed E-state index contributed by atoms with van der Waals surface area (Å²) < 4.78 is 5.33. The Morgan fingerprint density at radius 3 is 2.84 bits per heavy atom. The van der Waals surface area contributed by atoms with Crippen molar-refractivity contribution in [2.75, 3.05) is 25.0 Å². The largest absolute Gasteiger partial charge is 0.467 e. The molecule has 0 bridgehead atoms. The van der Waals surface area contributed by atoms with E-state index < -0.39 is 0 Å². The molecule has 0 aliphatic carbocycles. The number of hydrogen-bond donors (Lipinski definition) is 0. The zero-order chi connectivity index (χ0) is 17.2. The summed E-state index contributed by atoms with van der Waals surface area (Å²) >= 11 is 0. The molecular weight excluding hydrogens is 316 g/mol.